The molecule has 6 nitrogen and oxygen atoms in total. The van der Waals surface area contributed by atoms with Crippen LogP contribution in [0.3, 0.4) is 0 Å². The molecule has 100 valence electrons. The number of hydrogen-bond acceptors (Lipinski definition) is 4. The molecule has 0 aliphatic carbocycles. The molecule has 0 saturated carbocycles. The number of nitrogens with one attached hydrogen (secondary N) is 1. The van der Waals surface area contributed by atoms with Crippen molar-refractivity contribution < 1.29 is 10.0 Å². The Balaban J connectivity index is 4.22. The van der Waals surface area contributed by atoms with Gasteiger partial charge in [0.05, 0.1) is 5.92 Å². The molecule has 0 spiro atoms. The maximum absolute atomic E-state index is 11.8. The summed E-state index contributed by atoms with van der Waals surface area (Å²) in [6.45, 7) is 4.68. The molecule has 17 heavy (non-hydrogen) atoms. The number of amides is 1. The van der Waals surface area contributed by atoms with Crippen LogP contribution >= 0.6 is 0 Å². The van der Waals surface area contributed by atoms with Gasteiger partial charge in [-0.1, -0.05) is 12.1 Å². The summed E-state index contributed by atoms with van der Waals surface area (Å²) in [6.07, 6.45) is 1.38. The molecule has 0 rings (SSSR count). The van der Waals surface area contributed by atoms with E-state index >= 15 is 0 Å². The van der Waals surface area contributed by atoms with E-state index in [1.165, 1.54) is 0 Å². The van der Waals surface area contributed by atoms with E-state index in [0.717, 1.165) is 13.0 Å². The molecule has 0 aromatic carbocycles. The fourth-order valence-electron chi connectivity index (χ4n) is 1.47. The summed E-state index contributed by atoms with van der Waals surface area (Å²) in [4.78, 5) is 13.9. The number of hydrogen-bond donors (Lipinski definition) is 3. The second kappa shape index (κ2) is 7.89. The number of oxime groups is 1. The molecular formula is C11H24N4O2. The van der Waals surface area contributed by atoms with Crippen molar-refractivity contribution in [2.45, 2.75) is 32.7 Å². The molecule has 0 aliphatic rings. The van der Waals surface area contributed by atoms with Gasteiger partial charge in [-0.15, -0.1) is 0 Å². The van der Waals surface area contributed by atoms with E-state index in [1.54, 1.807) is 0 Å². The Morgan fingerprint density at radius 3 is 2.53 bits per heavy atom. The Morgan fingerprint density at radius 1 is 1.53 bits per heavy atom. The highest BCUT2D eigenvalue weighted by atomic mass is 16.4. The van der Waals surface area contributed by atoms with Crippen molar-refractivity contribution in [3.8, 4) is 0 Å². The maximum atomic E-state index is 11.8. The predicted molar refractivity (Wildman–Crippen MR) is 68.0 cm³/mol. The summed E-state index contributed by atoms with van der Waals surface area (Å²) >= 11 is 0. The highest BCUT2D eigenvalue weighted by molar-refractivity contribution is 6.02. The van der Waals surface area contributed by atoms with E-state index in [2.05, 4.69) is 15.4 Å². The lowest BCUT2D eigenvalue weighted by atomic mass is 10.0. The van der Waals surface area contributed by atoms with Gasteiger partial charge in [-0.2, -0.15) is 0 Å². The van der Waals surface area contributed by atoms with Gasteiger partial charge in [0.25, 0.3) is 0 Å². The van der Waals surface area contributed by atoms with Gasteiger partial charge in [-0.3, -0.25) is 4.79 Å². The van der Waals surface area contributed by atoms with E-state index < -0.39 is 5.92 Å². The van der Waals surface area contributed by atoms with Crippen LogP contribution in [0.1, 0.15) is 26.7 Å². The molecule has 0 heterocycles. The minimum Gasteiger partial charge on any atom is -0.409 e. The summed E-state index contributed by atoms with van der Waals surface area (Å²) in [5.41, 5.74) is 5.46. The minimum absolute atomic E-state index is 0.0372. The fourth-order valence-corrected chi connectivity index (χ4v) is 1.47. The lowest BCUT2D eigenvalue weighted by molar-refractivity contribution is -0.123. The molecule has 0 aromatic rings. The number of carbonyl (C=O) groups is 1. The molecule has 0 aliphatic heterocycles. The Hall–Kier alpha value is -1.30. The molecule has 1 amide bonds. The predicted octanol–water partition coefficient (Wildman–Crippen LogP) is 0.215. The van der Waals surface area contributed by atoms with Crippen LogP contribution in [-0.2, 0) is 4.79 Å². The van der Waals surface area contributed by atoms with Crippen molar-refractivity contribution in [3.63, 3.8) is 0 Å². The van der Waals surface area contributed by atoms with E-state index in [9.17, 15) is 4.79 Å². The van der Waals surface area contributed by atoms with Crippen LogP contribution in [0.15, 0.2) is 5.16 Å². The zero-order valence-electron chi connectivity index (χ0n) is 11.1. The summed E-state index contributed by atoms with van der Waals surface area (Å²) in [7, 11) is 3.97. The highest BCUT2D eigenvalue weighted by Gasteiger charge is 2.22. The molecule has 0 saturated heterocycles. The lowest BCUT2D eigenvalue weighted by Crippen LogP contribution is -2.43. The monoisotopic (exact) mass is 244 g/mol. The maximum Gasteiger partial charge on any atom is 0.231 e. The summed E-state index contributed by atoms with van der Waals surface area (Å²) in [5.74, 6) is -0.777. The SMILES string of the molecule is CCC(C(=O)NC(C)CCN(C)C)C(N)=NO. The van der Waals surface area contributed by atoms with E-state index in [-0.39, 0.29) is 17.8 Å². The van der Waals surface area contributed by atoms with Gasteiger partial charge < -0.3 is 21.2 Å². The fraction of sp³-hybridized carbons (Fsp3) is 0.818. The van der Waals surface area contributed by atoms with Crippen LogP contribution in [0.25, 0.3) is 0 Å². The first-order chi connectivity index (χ1) is 7.92. The van der Waals surface area contributed by atoms with Gasteiger partial charge >= 0.3 is 0 Å². The van der Waals surface area contributed by atoms with Crippen LogP contribution in [-0.4, -0.2) is 48.5 Å². The summed E-state index contributed by atoms with van der Waals surface area (Å²) in [5, 5.41) is 14.3. The van der Waals surface area contributed by atoms with Crippen molar-refractivity contribution in [3.05, 3.63) is 0 Å². The van der Waals surface area contributed by atoms with E-state index in [0.29, 0.717) is 6.42 Å². The zero-order chi connectivity index (χ0) is 13.4. The first kappa shape index (κ1) is 15.7. The zero-order valence-corrected chi connectivity index (χ0v) is 11.1. The molecule has 0 fully saturated rings. The van der Waals surface area contributed by atoms with Crippen molar-refractivity contribution >= 4 is 11.7 Å². The highest BCUT2D eigenvalue weighted by Crippen LogP contribution is 2.04. The van der Waals surface area contributed by atoms with Gasteiger partial charge in [0.1, 0.15) is 0 Å². The average Bonchev–Trinajstić information content (AvgIpc) is 2.26. The minimum atomic E-state index is -0.554. The smallest absolute Gasteiger partial charge is 0.231 e. The average molecular weight is 244 g/mol. The van der Waals surface area contributed by atoms with Crippen LogP contribution in [0.4, 0.5) is 0 Å². The van der Waals surface area contributed by atoms with Crippen LogP contribution in [0.5, 0.6) is 0 Å². The van der Waals surface area contributed by atoms with Crippen molar-refractivity contribution in [1.29, 1.82) is 0 Å². The number of rotatable bonds is 7. The topological polar surface area (TPSA) is 91.0 Å². The molecule has 4 N–H and O–H groups in total. The summed E-state index contributed by atoms with van der Waals surface area (Å²) in [6, 6.07) is 0.0745. The van der Waals surface area contributed by atoms with Gasteiger partial charge in [-0.25, -0.2) is 0 Å². The number of nitrogens with zero attached hydrogens (tertiary/aromatic N) is 2. The Bertz CT molecular complexity index is 266. The molecule has 2 unspecified atom stereocenters. The molecule has 0 aromatic heterocycles. The number of amidine groups is 1. The number of carbonyl (C=O) groups excluding carboxylic acids is 1. The standard InChI is InChI=1S/C11H24N4O2/c1-5-9(10(12)14-17)11(16)13-8(2)6-7-15(3)4/h8-9,17H,5-7H2,1-4H3,(H2,12,14)(H,13,16). The molecule has 0 bridgehead atoms. The van der Waals surface area contributed by atoms with Crippen molar-refractivity contribution in [2.75, 3.05) is 20.6 Å². The normalized spacial score (nSPS) is 15.7. The third kappa shape index (κ3) is 6.11. The molecular weight excluding hydrogens is 220 g/mol. The Labute approximate surface area is 103 Å². The number of nitrogens with two attached hydrogens (primary N) is 1. The van der Waals surface area contributed by atoms with E-state index in [4.69, 9.17) is 10.9 Å². The first-order valence-corrected chi connectivity index (χ1v) is 5.84. The molecule has 6 heteroatoms. The van der Waals surface area contributed by atoms with Crippen molar-refractivity contribution in [2.24, 2.45) is 16.8 Å². The third-order valence-corrected chi connectivity index (χ3v) is 2.60. The van der Waals surface area contributed by atoms with Gasteiger partial charge in [0, 0.05) is 6.04 Å². The second-order valence-corrected chi connectivity index (χ2v) is 4.49. The molecule has 2 atom stereocenters. The van der Waals surface area contributed by atoms with Crippen LogP contribution in [0.2, 0.25) is 0 Å². The first-order valence-electron chi connectivity index (χ1n) is 5.84. The Kier molecular flexibility index (Phi) is 7.29. The summed E-state index contributed by atoms with van der Waals surface area (Å²) < 4.78 is 0. The lowest BCUT2D eigenvalue weighted by Gasteiger charge is -2.19. The van der Waals surface area contributed by atoms with Crippen molar-refractivity contribution in [1.82, 2.24) is 10.2 Å². The quantitative estimate of drug-likeness (QED) is 0.258. The Morgan fingerprint density at radius 2 is 2.12 bits per heavy atom. The largest absolute Gasteiger partial charge is 0.409 e. The molecule has 0 radical (unpaired) electrons. The van der Waals surface area contributed by atoms with Gasteiger partial charge in [0.2, 0.25) is 5.91 Å². The van der Waals surface area contributed by atoms with Crippen LogP contribution in [0, 0.1) is 5.92 Å². The van der Waals surface area contributed by atoms with Gasteiger partial charge in [-0.05, 0) is 40.4 Å². The van der Waals surface area contributed by atoms with Crippen LogP contribution < -0.4 is 11.1 Å². The van der Waals surface area contributed by atoms with E-state index in [1.807, 2.05) is 27.9 Å². The second-order valence-electron chi connectivity index (χ2n) is 4.49. The third-order valence-electron chi connectivity index (χ3n) is 2.60. The van der Waals surface area contributed by atoms with Gasteiger partial charge in [0.15, 0.2) is 5.84 Å².